The molecule has 0 unspecified atom stereocenters. The first kappa shape index (κ1) is 13.3. The summed E-state index contributed by atoms with van der Waals surface area (Å²) in [7, 11) is 0. The van der Waals surface area contributed by atoms with Gasteiger partial charge in [0.1, 0.15) is 0 Å². The van der Waals surface area contributed by atoms with Crippen molar-refractivity contribution in [1.29, 1.82) is 10.5 Å². The summed E-state index contributed by atoms with van der Waals surface area (Å²) in [6, 6.07) is 4.38. The van der Waals surface area contributed by atoms with Gasteiger partial charge in [-0.1, -0.05) is 45.7 Å². The predicted octanol–water partition coefficient (Wildman–Crippen LogP) is 2.96. The third-order valence-corrected chi connectivity index (χ3v) is 3.77. The summed E-state index contributed by atoms with van der Waals surface area (Å²) in [6.07, 6.45) is 0. The van der Waals surface area contributed by atoms with Crippen molar-refractivity contribution in [2.75, 3.05) is 10.7 Å². The number of dihydropyridines is 1. The lowest BCUT2D eigenvalue weighted by molar-refractivity contribution is 0.535. The van der Waals surface area contributed by atoms with Crippen molar-refractivity contribution >= 4 is 31.9 Å². The lowest BCUT2D eigenvalue weighted by atomic mass is 9.74. The minimum absolute atomic E-state index is 0.527. The maximum Gasteiger partial charge on any atom is 0.0975 e. The van der Waals surface area contributed by atoms with Crippen LogP contribution in [0.1, 0.15) is 13.8 Å². The standard InChI is InChI=1S/C11H11Br2N3/c1-11(2)7(5-14)9(3-12)16-10(4-13)8(11)6-15/h16H,3-4H2,1-2H3. The summed E-state index contributed by atoms with van der Waals surface area (Å²) in [4.78, 5) is 0. The topological polar surface area (TPSA) is 59.6 Å². The molecule has 0 bridgehead atoms. The van der Waals surface area contributed by atoms with E-state index in [0.29, 0.717) is 21.8 Å². The minimum Gasteiger partial charge on any atom is -0.359 e. The summed E-state index contributed by atoms with van der Waals surface area (Å²) in [5.74, 6) is 0. The van der Waals surface area contributed by atoms with Crippen LogP contribution in [-0.4, -0.2) is 10.7 Å². The number of hydrogen-bond acceptors (Lipinski definition) is 3. The fourth-order valence-electron chi connectivity index (χ4n) is 1.80. The number of hydrogen-bond donors (Lipinski definition) is 1. The van der Waals surface area contributed by atoms with E-state index >= 15 is 0 Å². The van der Waals surface area contributed by atoms with Gasteiger partial charge in [0, 0.05) is 27.5 Å². The molecule has 0 radical (unpaired) electrons. The largest absolute Gasteiger partial charge is 0.359 e. The highest BCUT2D eigenvalue weighted by molar-refractivity contribution is 9.09. The van der Waals surface area contributed by atoms with Crippen molar-refractivity contribution in [3.8, 4) is 12.1 Å². The number of allylic oxidation sites excluding steroid dienone is 4. The number of nitrogens with zero attached hydrogens (tertiary/aromatic N) is 2. The molecule has 0 aromatic heterocycles. The summed E-state index contributed by atoms with van der Waals surface area (Å²) in [5.41, 5.74) is 2.37. The first-order chi connectivity index (χ1) is 7.52. The molecule has 0 saturated heterocycles. The lowest BCUT2D eigenvalue weighted by Crippen LogP contribution is -2.33. The highest BCUT2D eigenvalue weighted by Crippen LogP contribution is 2.40. The van der Waals surface area contributed by atoms with Crippen LogP contribution in [0.2, 0.25) is 0 Å². The second-order valence-electron chi connectivity index (χ2n) is 3.95. The van der Waals surface area contributed by atoms with E-state index in [1.165, 1.54) is 0 Å². The van der Waals surface area contributed by atoms with E-state index in [0.717, 1.165) is 11.4 Å². The van der Waals surface area contributed by atoms with Gasteiger partial charge in [0.25, 0.3) is 0 Å². The number of rotatable bonds is 2. The quantitative estimate of drug-likeness (QED) is 0.783. The van der Waals surface area contributed by atoms with Gasteiger partial charge in [-0.05, 0) is 0 Å². The highest BCUT2D eigenvalue weighted by atomic mass is 79.9. The Morgan fingerprint density at radius 2 is 1.44 bits per heavy atom. The van der Waals surface area contributed by atoms with E-state index in [4.69, 9.17) is 0 Å². The summed E-state index contributed by atoms with van der Waals surface area (Å²) in [5, 5.41) is 22.7. The Morgan fingerprint density at radius 3 is 1.69 bits per heavy atom. The molecule has 16 heavy (non-hydrogen) atoms. The van der Waals surface area contributed by atoms with Gasteiger partial charge in [-0.25, -0.2) is 0 Å². The van der Waals surface area contributed by atoms with Gasteiger partial charge in [-0.2, -0.15) is 10.5 Å². The van der Waals surface area contributed by atoms with Crippen LogP contribution in [0.3, 0.4) is 0 Å². The van der Waals surface area contributed by atoms with Crippen molar-refractivity contribution < 1.29 is 0 Å². The zero-order valence-corrected chi connectivity index (χ0v) is 12.2. The number of nitriles is 2. The molecular weight excluding hydrogens is 334 g/mol. The normalized spacial score (nSPS) is 18.9. The smallest absolute Gasteiger partial charge is 0.0975 e. The third-order valence-electron chi connectivity index (χ3n) is 2.65. The summed E-state index contributed by atoms with van der Waals surface area (Å²) in [6.45, 7) is 3.80. The average molecular weight is 345 g/mol. The van der Waals surface area contributed by atoms with E-state index < -0.39 is 5.41 Å². The van der Waals surface area contributed by atoms with Crippen LogP contribution >= 0.6 is 31.9 Å². The lowest BCUT2D eigenvalue weighted by Gasteiger charge is -2.33. The Morgan fingerprint density at radius 1 is 1.06 bits per heavy atom. The van der Waals surface area contributed by atoms with Crippen molar-refractivity contribution in [3.05, 3.63) is 22.5 Å². The van der Waals surface area contributed by atoms with Gasteiger partial charge in [0.15, 0.2) is 0 Å². The molecule has 0 fully saturated rings. The molecule has 84 valence electrons. The molecule has 0 spiro atoms. The first-order valence-electron chi connectivity index (χ1n) is 4.69. The Balaban J connectivity index is 3.40. The number of halogens is 2. The maximum absolute atomic E-state index is 9.19. The Hall–Kier alpha value is -0.780. The average Bonchev–Trinajstić information content (AvgIpc) is 2.26. The van der Waals surface area contributed by atoms with Crippen LogP contribution < -0.4 is 5.32 Å². The van der Waals surface area contributed by atoms with Crippen LogP contribution in [0.15, 0.2) is 22.5 Å². The van der Waals surface area contributed by atoms with Crippen LogP contribution in [0, 0.1) is 28.1 Å². The molecule has 0 aromatic carbocycles. The first-order valence-corrected chi connectivity index (χ1v) is 6.93. The SMILES string of the molecule is CC1(C)C(C#N)=C(CBr)NC(CBr)=C1C#N. The molecule has 1 heterocycles. The van der Waals surface area contributed by atoms with Gasteiger partial charge < -0.3 is 5.32 Å². The van der Waals surface area contributed by atoms with E-state index in [-0.39, 0.29) is 0 Å². The van der Waals surface area contributed by atoms with Crippen molar-refractivity contribution in [2.24, 2.45) is 5.41 Å². The van der Waals surface area contributed by atoms with E-state index in [1.807, 2.05) is 13.8 Å². The molecule has 1 N–H and O–H groups in total. The fraction of sp³-hybridized carbons (Fsp3) is 0.455. The Bertz CT molecular complexity index is 407. The molecule has 1 rings (SSSR count). The zero-order valence-electron chi connectivity index (χ0n) is 9.06. The molecule has 1 aliphatic rings. The molecule has 0 amide bonds. The highest BCUT2D eigenvalue weighted by Gasteiger charge is 2.36. The van der Waals surface area contributed by atoms with Crippen LogP contribution in [0.5, 0.6) is 0 Å². The Kier molecular flexibility index (Phi) is 4.18. The van der Waals surface area contributed by atoms with Crippen LogP contribution in [0.25, 0.3) is 0 Å². The monoisotopic (exact) mass is 343 g/mol. The van der Waals surface area contributed by atoms with Gasteiger partial charge in [-0.3, -0.25) is 0 Å². The molecule has 0 aromatic rings. The maximum atomic E-state index is 9.19. The van der Waals surface area contributed by atoms with E-state index in [1.54, 1.807) is 0 Å². The van der Waals surface area contributed by atoms with Gasteiger partial charge >= 0.3 is 0 Å². The van der Waals surface area contributed by atoms with Gasteiger partial charge in [0.05, 0.1) is 23.3 Å². The molecule has 3 nitrogen and oxygen atoms in total. The number of alkyl halides is 2. The predicted molar refractivity (Wildman–Crippen MR) is 69.8 cm³/mol. The molecule has 0 atom stereocenters. The van der Waals surface area contributed by atoms with Crippen molar-refractivity contribution in [3.63, 3.8) is 0 Å². The molecular formula is C11H11Br2N3. The molecule has 1 aliphatic heterocycles. The summed E-state index contributed by atoms with van der Waals surface area (Å²) < 4.78 is 0. The number of nitrogens with one attached hydrogen (secondary N) is 1. The molecule has 0 saturated carbocycles. The second kappa shape index (κ2) is 5.03. The molecule has 5 heteroatoms. The van der Waals surface area contributed by atoms with Gasteiger partial charge in [-0.15, -0.1) is 0 Å². The van der Waals surface area contributed by atoms with Crippen molar-refractivity contribution in [1.82, 2.24) is 5.32 Å². The minimum atomic E-state index is -0.527. The van der Waals surface area contributed by atoms with E-state index in [2.05, 4.69) is 49.3 Å². The summed E-state index contributed by atoms with van der Waals surface area (Å²) >= 11 is 6.70. The molecule has 0 aliphatic carbocycles. The fourth-order valence-corrected chi connectivity index (χ4v) is 2.64. The van der Waals surface area contributed by atoms with Crippen LogP contribution in [-0.2, 0) is 0 Å². The third kappa shape index (κ3) is 2.03. The van der Waals surface area contributed by atoms with Gasteiger partial charge in [0.2, 0.25) is 0 Å². The van der Waals surface area contributed by atoms with E-state index in [9.17, 15) is 10.5 Å². The Labute approximate surface area is 112 Å². The van der Waals surface area contributed by atoms with Crippen molar-refractivity contribution in [2.45, 2.75) is 13.8 Å². The van der Waals surface area contributed by atoms with Crippen LogP contribution in [0.4, 0.5) is 0 Å². The second-order valence-corrected chi connectivity index (χ2v) is 5.07. The zero-order chi connectivity index (χ0) is 12.3.